The lowest BCUT2D eigenvalue weighted by Gasteiger charge is -2.11. The summed E-state index contributed by atoms with van der Waals surface area (Å²) >= 11 is 0. The molecule has 120 valence electrons. The second-order valence-electron chi connectivity index (χ2n) is 5.55. The van der Waals surface area contributed by atoms with Gasteiger partial charge in [0.1, 0.15) is 0 Å². The number of rotatable bonds is 7. The molecule has 1 aromatic heterocycles. The summed E-state index contributed by atoms with van der Waals surface area (Å²) in [5, 5.41) is 10.1. The molecule has 0 aliphatic heterocycles. The predicted molar refractivity (Wildman–Crippen MR) is 85.8 cm³/mol. The lowest BCUT2D eigenvalue weighted by Crippen LogP contribution is -2.30. The van der Waals surface area contributed by atoms with Crippen molar-refractivity contribution in [2.75, 3.05) is 0 Å². The van der Waals surface area contributed by atoms with Gasteiger partial charge >= 0.3 is 0 Å². The topological polar surface area (TPSA) is 86.9 Å². The number of hydrogen-bond donors (Lipinski definition) is 3. The van der Waals surface area contributed by atoms with E-state index in [1.54, 1.807) is 38.2 Å². The van der Waals surface area contributed by atoms with Crippen LogP contribution in [0.25, 0.3) is 0 Å². The van der Waals surface area contributed by atoms with Crippen LogP contribution in [0.4, 0.5) is 0 Å². The summed E-state index contributed by atoms with van der Waals surface area (Å²) < 4.78 is 26.9. The van der Waals surface area contributed by atoms with Crippen molar-refractivity contribution in [3.63, 3.8) is 0 Å². The van der Waals surface area contributed by atoms with Gasteiger partial charge in [-0.25, -0.2) is 13.1 Å². The Morgan fingerprint density at radius 2 is 2.05 bits per heavy atom. The number of aryl methyl sites for hydroxylation is 1. The number of sulfonamides is 1. The Kier molecular flexibility index (Phi) is 5.33. The lowest BCUT2D eigenvalue weighted by molar-refractivity contribution is 0.569. The van der Waals surface area contributed by atoms with Gasteiger partial charge in [-0.1, -0.05) is 12.1 Å². The van der Waals surface area contributed by atoms with Gasteiger partial charge in [0.25, 0.3) is 0 Å². The minimum Gasteiger partial charge on any atom is -0.308 e. The van der Waals surface area contributed by atoms with E-state index in [2.05, 4.69) is 20.2 Å². The molecule has 7 heteroatoms. The van der Waals surface area contributed by atoms with Crippen molar-refractivity contribution < 1.29 is 8.42 Å². The van der Waals surface area contributed by atoms with Crippen molar-refractivity contribution in [3.05, 3.63) is 47.3 Å². The van der Waals surface area contributed by atoms with Gasteiger partial charge in [0.15, 0.2) is 0 Å². The second-order valence-corrected chi connectivity index (χ2v) is 7.26. The monoisotopic (exact) mass is 322 g/mol. The third-order valence-corrected chi connectivity index (χ3v) is 4.83. The maximum absolute atomic E-state index is 12.2. The quantitative estimate of drug-likeness (QED) is 0.724. The normalized spacial score (nSPS) is 12.0. The van der Waals surface area contributed by atoms with Gasteiger partial charge in [-0.3, -0.25) is 5.10 Å². The highest BCUT2D eigenvalue weighted by atomic mass is 32.2. The molecule has 2 aromatic rings. The maximum atomic E-state index is 12.2. The number of hydrogen-bond acceptors (Lipinski definition) is 4. The van der Waals surface area contributed by atoms with E-state index in [0.717, 1.165) is 16.8 Å². The van der Waals surface area contributed by atoms with E-state index in [4.69, 9.17) is 0 Å². The molecular weight excluding hydrogens is 300 g/mol. The summed E-state index contributed by atoms with van der Waals surface area (Å²) in [4.78, 5) is 0.292. The molecule has 3 N–H and O–H groups in total. The Morgan fingerprint density at radius 3 is 2.68 bits per heavy atom. The molecule has 0 atom stereocenters. The molecule has 0 saturated carbocycles. The van der Waals surface area contributed by atoms with Crippen LogP contribution in [-0.2, 0) is 23.1 Å². The van der Waals surface area contributed by atoms with Crippen LogP contribution < -0.4 is 10.0 Å². The summed E-state index contributed by atoms with van der Waals surface area (Å²) in [6, 6.07) is 6.84. The van der Waals surface area contributed by atoms with Crippen LogP contribution in [0.5, 0.6) is 0 Å². The number of H-pyrrole nitrogens is 1. The van der Waals surface area contributed by atoms with E-state index < -0.39 is 10.0 Å². The molecule has 6 nitrogen and oxygen atoms in total. The van der Waals surface area contributed by atoms with Crippen LogP contribution in [0, 0.1) is 6.92 Å². The minimum absolute atomic E-state index is 0.129. The van der Waals surface area contributed by atoms with Gasteiger partial charge in [-0.05, 0) is 38.5 Å². The summed E-state index contributed by atoms with van der Waals surface area (Å²) in [6.45, 7) is 6.85. The summed E-state index contributed by atoms with van der Waals surface area (Å²) in [6.07, 6.45) is 1.79. The zero-order valence-electron chi connectivity index (χ0n) is 13.1. The molecule has 1 aromatic carbocycles. The van der Waals surface area contributed by atoms with E-state index in [-0.39, 0.29) is 6.04 Å². The molecule has 0 fully saturated rings. The van der Waals surface area contributed by atoms with Crippen LogP contribution >= 0.6 is 0 Å². The standard InChI is InChI=1S/C15H22N4O2S/c1-11(2)19-22(20,21)15-6-4-5-13(7-15)8-16-9-14-10-17-18-12(14)3/h4-7,10-11,16,19H,8-9H2,1-3H3,(H,17,18). The van der Waals surface area contributed by atoms with Gasteiger partial charge in [-0.15, -0.1) is 0 Å². The largest absolute Gasteiger partial charge is 0.308 e. The first-order valence-electron chi connectivity index (χ1n) is 7.19. The molecule has 22 heavy (non-hydrogen) atoms. The zero-order chi connectivity index (χ0) is 16.2. The molecular formula is C15H22N4O2S. The minimum atomic E-state index is -3.45. The smallest absolute Gasteiger partial charge is 0.240 e. The summed E-state index contributed by atoms with van der Waals surface area (Å²) in [7, 11) is -3.45. The second kappa shape index (κ2) is 7.04. The predicted octanol–water partition coefficient (Wildman–Crippen LogP) is 1.69. The third kappa shape index (κ3) is 4.40. The third-order valence-electron chi connectivity index (χ3n) is 3.18. The SMILES string of the molecule is Cc1[nH]ncc1CNCc1cccc(S(=O)(=O)NC(C)C)c1. The fraction of sp³-hybridized carbons (Fsp3) is 0.400. The Bertz CT molecular complexity index is 723. The zero-order valence-corrected chi connectivity index (χ0v) is 13.9. The van der Waals surface area contributed by atoms with Gasteiger partial charge in [-0.2, -0.15) is 5.10 Å². The van der Waals surface area contributed by atoms with Crippen molar-refractivity contribution in [2.24, 2.45) is 0 Å². The number of nitrogens with zero attached hydrogens (tertiary/aromatic N) is 1. The van der Waals surface area contributed by atoms with Crippen LogP contribution in [0.15, 0.2) is 35.4 Å². The number of aromatic nitrogens is 2. The first kappa shape index (κ1) is 16.7. The van der Waals surface area contributed by atoms with E-state index in [0.29, 0.717) is 18.0 Å². The van der Waals surface area contributed by atoms with E-state index in [9.17, 15) is 8.42 Å². The van der Waals surface area contributed by atoms with Gasteiger partial charge < -0.3 is 5.32 Å². The molecule has 2 rings (SSSR count). The average molecular weight is 322 g/mol. The maximum Gasteiger partial charge on any atom is 0.240 e. The lowest BCUT2D eigenvalue weighted by atomic mass is 10.2. The van der Waals surface area contributed by atoms with Crippen molar-refractivity contribution in [1.82, 2.24) is 20.2 Å². The summed E-state index contributed by atoms with van der Waals surface area (Å²) in [5.41, 5.74) is 3.06. The first-order chi connectivity index (χ1) is 10.4. The molecule has 0 radical (unpaired) electrons. The Balaban J connectivity index is 2.01. The van der Waals surface area contributed by atoms with Crippen molar-refractivity contribution in [2.45, 2.75) is 44.8 Å². The van der Waals surface area contributed by atoms with Crippen LogP contribution in [-0.4, -0.2) is 24.7 Å². The highest BCUT2D eigenvalue weighted by Gasteiger charge is 2.15. The molecule has 0 bridgehead atoms. The van der Waals surface area contributed by atoms with Gasteiger partial charge in [0, 0.05) is 30.4 Å². The van der Waals surface area contributed by atoms with Crippen LogP contribution in [0.1, 0.15) is 30.7 Å². The molecule has 0 aliphatic carbocycles. The fourth-order valence-corrected chi connectivity index (χ4v) is 3.42. The van der Waals surface area contributed by atoms with Crippen molar-refractivity contribution in [3.8, 4) is 0 Å². The number of benzene rings is 1. The number of aromatic amines is 1. The Labute approximate surface area is 131 Å². The first-order valence-corrected chi connectivity index (χ1v) is 8.67. The molecule has 0 saturated heterocycles. The van der Waals surface area contributed by atoms with E-state index in [1.165, 1.54) is 0 Å². The average Bonchev–Trinajstić information content (AvgIpc) is 2.83. The Morgan fingerprint density at radius 1 is 1.27 bits per heavy atom. The molecule has 0 amide bonds. The molecule has 0 spiro atoms. The van der Waals surface area contributed by atoms with Gasteiger partial charge in [0.2, 0.25) is 10.0 Å². The molecule has 1 heterocycles. The number of nitrogens with one attached hydrogen (secondary N) is 3. The molecule has 0 unspecified atom stereocenters. The molecule has 0 aliphatic rings. The fourth-order valence-electron chi connectivity index (χ4n) is 2.10. The van der Waals surface area contributed by atoms with E-state index >= 15 is 0 Å². The Hall–Kier alpha value is -1.70. The van der Waals surface area contributed by atoms with E-state index in [1.807, 2.05) is 13.0 Å². The highest BCUT2D eigenvalue weighted by molar-refractivity contribution is 7.89. The van der Waals surface area contributed by atoms with Crippen LogP contribution in [0.3, 0.4) is 0 Å². The van der Waals surface area contributed by atoms with Crippen LogP contribution in [0.2, 0.25) is 0 Å². The summed E-state index contributed by atoms with van der Waals surface area (Å²) in [5.74, 6) is 0. The highest BCUT2D eigenvalue weighted by Crippen LogP contribution is 2.12. The van der Waals surface area contributed by atoms with Crippen molar-refractivity contribution in [1.29, 1.82) is 0 Å². The van der Waals surface area contributed by atoms with Crippen molar-refractivity contribution >= 4 is 10.0 Å². The van der Waals surface area contributed by atoms with Gasteiger partial charge in [0.05, 0.1) is 11.1 Å².